The molecule has 1 aliphatic heterocycles. The number of unbranched alkanes of at least 4 members (excludes halogenated alkanes) is 1. The van der Waals surface area contributed by atoms with Crippen molar-refractivity contribution in [3.63, 3.8) is 0 Å². The van der Waals surface area contributed by atoms with Gasteiger partial charge in [-0.1, -0.05) is 44.0 Å². The number of imide groups is 1. The van der Waals surface area contributed by atoms with Gasteiger partial charge in [-0.2, -0.15) is 0 Å². The zero-order valence-electron chi connectivity index (χ0n) is 18.2. The Morgan fingerprint density at radius 1 is 1.06 bits per heavy atom. The van der Waals surface area contributed by atoms with Crippen LogP contribution in [0.4, 0.5) is 13.6 Å². The van der Waals surface area contributed by atoms with E-state index in [1.165, 1.54) is 41.3 Å². The molecule has 3 rings (SSSR count). The van der Waals surface area contributed by atoms with Crippen molar-refractivity contribution in [1.82, 2.24) is 15.1 Å². The van der Waals surface area contributed by atoms with Crippen molar-refractivity contribution < 1.29 is 23.2 Å². The Labute approximate surface area is 186 Å². The van der Waals surface area contributed by atoms with Gasteiger partial charge in [0, 0.05) is 13.1 Å². The van der Waals surface area contributed by atoms with E-state index in [0.29, 0.717) is 30.5 Å². The van der Waals surface area contributed by atoms with Crippen molar-refractivity contribution >= 4 is 17.8 Å². The van der Waals surface area contributed by atoms with Gasteiger partial charge < -0.3 is 10.2 Å². The summed E-state index contributed by atoms with van der Waals surface area (Å²) in [6, 6.07) is 10.7. The first-order valence-electron chi connectivity index (χ1n) is 10.7. The summed E-state index contributed by atoms with van der Waals surface area (Å²) in [4.78, 5) is 41.5. The summed E-state index contributed by atoms with van der Waals surface area (Å²) < 4.78 is 26.9. The van der Waals surface area contributed by atoms with Crippen LogP contribution >= 0.6 is 0 Å². The fourth-order valence-electron chi connectivity index (χ4n) is 3.92. The molecular weight excluding hydrogens is 416 g/mol. The zero-order valence-corrected chi connectivity index (χ0v) is 18.2. The number of likely N-dealkylation sites (N-methyl/N-ethyl adjacent to an activating group) is 1. The zero-order chi connectivity index (χ0) is 23.3. The SMILES string of the molecule is CCCCC1(c2ccc(F)cc2)NC(=O)N(CC(=O)N(CC)Cc2cccc(F)c2)C1=O. The second kappa shape index (κ2) is 9.89. The Hall–Kier alpha value is -3.29. The van der Waals surface area contributed by atoms with Crippen molar-refractivity contribution in [1.29, 1.82) is 0 Å². The van der Waals surface area contributed by atoms with E-state index in [0.717, 1.165) is 11.3 Å². The highest BCUT2D eigenvalue weighted by Crippen LogP contribution is 2.34. The molecule has 2 aromatic carbocycles. The molecule has 0 aliphatic carbocycles. The van der Waals surface area contributed by atoms with Gasteiger partial charge in [0.1, 0.15) is 23.7 Å². The molecule has 1 saturated heterocycles. The lowest BCUT2D eigenvalue weighted by Gasteiger charge is -2.28. The van der Waals surface area contributed by atoms with Crippen molar-refractivity contribution in [2.24, 2.45) is 0 Å². The van der Waals surface area contributed by atoms with Crippen LogP contribution in [0.25, 0.3) is 0 Å². The van der Waals surface area contributed by atoms with E-state index in [2.05, 4.69) is 5.32 Å². The fourth-order valence-corrected chi connectivity index (χ4v) is 3.92. The van der Waals surface area contributed by atoms with Crippen molar-refractivity contribution in [2.75, 3.05) is 13.1 Å². The van der Waals surface area contributed by atoms with Crippen molar-refractivity contribution in [3.8, 4) is 0 Å². The summed E-state index contributed by atoms with van der Waals surface area (Å²) >= 11 is 0. The number of benzene rings is 2. The van der Waals surface area contributed by atoms with E-state index in [4.69, 9.17) is 0 Å². The Balaban J connectivity index is 1.81. The molecule has 1 atom stereocenters. The lowest BCUT2D eigenvalue weighted by atomic mass is 9.85. The van der Waals surface area contributed by atoms with E-state index in [-0.39, 0.29) is 6.54 Å². The standard InChI is InChI=1S/C24H27F2N3O3/c1-3-5-13-24(18-9-11-19(25)12-10-18)22(31)29(23(32)27-24)16-21(30)28(4-2)15-17-7-6-8-20(26)14-17/h6-12,14H,3-5,13,15-16H2,1-2H3,(H,27,32). The maximum Gasteiger partial charge on any atom is 0.325 e. The molecule has 4 amide bonds. The summed E-state index contributed by atoms with van der Waals surface area (Å²) in [5.74, 6) is -1.80. The smallest absolute Gasteiger partial charge is 0.325 e. The van der Waals surface area contributed by atoms with E-state index < -0.39 is 41.6 Å². The largest absolute Gasteiger partial charge is 0.337 e. The van der Waals surface area contributed by atoms with Crippen LogP contribution in [0.1, 0.15) is 44.2 Å². The lowest BCUT2D eigenvalue weighted by molar-refractivity contribution is -0.139. The highest BCUT2D eigenvalue weighted by atomic mass is 19.1. The van der Waals surface area contributed by atoms with Crippen LogP contribution in [0.5, 0.6) is 0 Å². The van der Waals surface area contributed by atoms with Crippen LogP contribution in [-0.4, -0.2) is 40.7 Å². The van der Waals surface area contributed by atoms with Gasteiger partial charge in [0.05, 0.1) is 0 Å². The Morgan fingerprint density at radius 2 is 1.78 bits per heavy atom. The molecule has 2 aromatic rings. The summed E-state index contributed by atoms with van der Waals surface area (Å²) in [5, 5.41) is 2.75. The number of urea groups is 1. The molecule has 1 heterocycles. The minimum absolute atomic E-state index is 0.162. The number of carbonyl (C=O) groups is 3. The van der Waals surface area contributed by atoms with Gasteiger partial charge in [-0.25, -0.2) is 13.6 Å². The van der Waals surface area contributed by atoms with Crippen LogP contribution in [0.2, 0.25) is 0 Å². The van der Waals surface area contributed by atoms with Crippen LogP contribution < -0.4 is 5.32 Å². The van der Waals surface area contributed by atoms with Gasteiger partial charge in [0.15, 0.2) is 0 Å². The summed E-state index contributed by atoms with van der Waals surface area (Å²) in [7, 11) is 0. The maximum atomic E-state index is 13.5. The van der Waals surface area contributed by atoms with E-state index in [1.54, 1.807) is 19.1 Å². The predicted octanol–water partition coefficient (Wildman–Crippen LogP) is 3.95. The second-order valence-corrected chi connectivity index (χ2v) is 7.88. The number of nitrogens with one attached hydrogen (secondary N) is 1. The quantitative estimate of drug-likeness (QED) is 0.597. The summed E-state index contributed by atoms with van der Waals surface area (Å²) in [6.07, 6.45) is 1.79. The number of halogens is 2. The van der Waals surface area contributed by atoms with E-state index in [9.17, 15) is 23.2 Å². The Bertz CT molecular complexity index is 996. The average Bonchev–Trinajstić information content (AvgIpc) is 3.01. The molecule has 1 N–H and O–H groups in total. The van der Waals surface area contributed by atoms with Gasteiger partial charge >= 0.3 is 6.03 Å². The molecule has 32 heavy (non-hydrogen) atoms. The van der Waals surface area contributed by atoms with Gasteiger partial charge in [0.2, 0.25) is 5.91 Å². The Morgan fingerprint density at radius 3 is 2.41 bits per heavy atom. The number of hydrogen-bond donors (Lipinski definition) is 1. The molecule has 0 bridgehead atoms. The molecule has 0 saturated carbocycles. The molecule has 8 heteroatoms. The lowest BCUT2D eigenvalue weighted by Crippen LogP contribution is -2.45. The second-order valence-electron chi connectivity index (χ2n) is 7.88. The van der Waals surface area contributed by atoms with Crippen LogP contribution in [-0.2, 0) is 21.7 Å². The monoisotopic (exact) mass is 443 g/mol. The summed E-state index contributed by atoms with van der Waals surface area (Å²) in [5.41, 5.74) is -0.241. The third-order valence-corrected chi connectivity index (χ3v) is 5.71. The van der Waals surface area contributed by atoms with Crippen molar-refractivity contribution in [3.05, 3.63) is 71.3 Å². The minimum atomic E-state index is -1.33. The average molecular weight is 443 g/mol. The number of hydrogen-bond acceptors (Lipinski definition) is 3. The van der Waals surface area contributed by atoms with Crippen LogP contribution in [0.15, 0.2) is 48.5 Å². The number of rotatable bonds is 9. The first-order valence-corrected chi connectivity index (χ1v) is 10.7. The maximum absolute atomic E-state index is 13.5. The molecule has 0 radical (unpaired) electrons. The first-order chi connectivity index (χ1) is 15.3. The number of carbonyl (C=O) groups excluding carboxylic acids is 3. The molecule has 1 unspecified atom stereocenters. The van der Waals surface area contributed by atoms with Crippen molar-refractivity contribution in [2.45, 2.75) is 45.2 Å². The molecule has 0 spiro atoms. The number of nitrogens with zero attached hydrogens (tertiary/aromatic N) is 2. The number of amides is 4. The molecule has 1 fully saturated rings. The fraction of sp³-hybridized carbons (Fsp3) is 0.375. The van der Waals surface area contributed by atoms with Gasteiger partial charge in [-0.05, 0) is 48.7 Å². The van der Waals surface area contributed by atoms with Gasteiger partial charge in [0.25, 0.3) is 5.91 Å². The van der Waals surface area contributed by atoms with Gasteiger partial charge in [-0.15, -0.1) is 0 Å². The molecule has 0 aromatic heterocycles. The topological polar surface area (TPSA) is 69.7 Å². The Kier molecular flexibility index (Phi) is 7.22. The van der Waals surface area contributed by atoms with Crippen LogP contribution in [0, 0.1) is 11.6 Å². The molecular formula is C24H27F2N3O3. The highest BCUT2D eigenvalue weighted by molar-refractivity contribution is 6.09. The normalized spacial score (nSPS) is 18.1. The molecule has 6 nitrogen and oxygen atoms in total. The third kappa shape index (κ3) is 4.79. The van der Waals surface area contributed by atoms with Gasteiger partial charge in [-0.3, -0.25) is 14.5 Å². The highest BCUT2D eigenvalue weighted by Gasteiger charge is 2.52. The first kappa shape index (κ1) is 23.4. The summed E-state index contributed by atoms with van der Waals surface area (Å²) in [6.45, 7) is 3.80. The third-order valence-electron chi connectivity index (χ3n) is 5.71. The minimum Gasteiger partial charge on any atom is -0.337 e. The molecule has 170 valence electrons. The van der Waals surface area contributed by atoms with E-state index >= 15 is 0 Å². The van der Waals surface area contributed by atoms with E-state index in [1.807, 2.05) is 6.92 Å². The predicted molar refractivity (Wildman–Crippen MR) is 115 cm³/mol. The molecule has 1 aliphatic rings. The van der Waals surface area contributed by atoms with Crippen LogP contribution in [0.3, 0.4) is 0 Å².